The third-order valence-corrected chi connectivity index (χ3v) is 12.4. The van der Waals surface area contributed by atoms with Crippen LogP contribution in [0.5, 0.6) is 0 Å². The SMILES string of the molecule is c1ccc2c(c1)Sc1cccc3c1B2c1cc2c(cc1S3)B1c3ccccc3Sc3cccc(c31)S2. The van der Waals surface area contributed by atoms with Crippen LogP contribution in [0.15, 0.2) is 136 Å². The first-order valence-corrected chi connectivity index (χ1v) is 15.4. The van der Waals surface area contributed by atoms with Crippen LogP contribution in [-0.4, -0.2) is 13.4 Å². The molecule has 0 amide bonds. The van der Waals surface area contributed by atoms with Gasteiger partial charge in [-0.2, -0.15) is 0 Å². The quantitative estimate of drug-likeness (QED) is 0.266. The molecule has 166 valence electrons. The molecule has 36 heavy (non-hydrogen) atoms. The zero-order valence-corrected chi connectivity index (χ0v) is 22.3. The molecule has 0 radical (unpaired) electrons. The summed E-state index contributed by atoms with van der Waals surface area (Å²) in [5.41, 5.74) is 8.84. The standard InChI is InChI=1S/C30H16B2S4/c1-3-9-21-17(7-1)31-19-15-28-20(16-27(19)35-25-13-5-11-23(33-21)29(25)31)32-18-8-2-4-10-22(18)34-24-12-6-14-26(36-28)30(24)32/h1-16H. The summed E-state index contributed by atoms with van der Waals surface area (Å²) in [7, 11) is 0. The van der Waals surface area contributed by atoms with E-state index in [1.165, 1.54) is 71.9 Å². The minimum absolute atomic E-state index is 0.303. The van der Waals surface area contributed by atoms with E-state index in [0.29, 0.717) is 13.4 Å². The monoisotopic (exact) mass is 526 g/mol. The molecular weight excluding hydrogens is 510 g/mol. The van der Waals surface area contributed by atoms with Crippen LogP contribution in [0.1, 0.15) is 0 Å². The summed E-state index contributed by atoms with van der Waals surface area (Å²) >= 11 is 7.79. The van der Waals surface area contributed by atoms with Gasteiger partial charge in [0.1, 0.15) is 0 Å². The predicted molar refractivity (Wildman–Crippen MR) is 158 cm³/mol. The van der Waals surface area contributed by atoms with E-state index in [1.54, 1.807) is 0 Å². The molecule has 5 aromatic carbocycles. The van der Waals surface area contributed by atoms with Gasteiger partial charge in [-0.05, 0) is 47.3 Å². The average Bonchev–Trinajstić information content (AvgIpc) is 2.92. The molecule has 0 saturated carbocycles. The lowest BCUT2D eigenvalue weighted by atomic mass is 9.34. The molecule has 9 rings (SSSR count). The lowest BCUT2D eigenvalue weighted by Crippen LogP contribution is -2.61. The molecule has 4 heterocycles. The summed E-state index contributed by atoms with van der Waals surface area (Å²) in [6, 6.07) is 36.8. The smallest absolute Gasteiger partial charge is 0.0911 e. The first-order valence-electron chi connectivity index (χ1n) is 12.2. The number of hydrogen-bond donors (Lipinski definition) is 0. The third-order valence-electron chi connectivity index (χ3n) is 7.73. The van der Waals surface area contributed by atoms with Gasteiger partial charge in [0.15, 0.2) is 0 Å². The molecule has 4 aliphatic heterocycles. The van der Waals surface area contributed by atoms with E-state index in [4.69, 9.17) is 0 Å². The van der Waals surface area contributed by atoms with Gasteiger partial charge >= 0.3 is 0 Å². The van der Waals surface area contributed by atoms with E-state index in [1.807, 2.05) is 47.0 Å². The van der Waals surface area contributed by atoms with Gasteiger partial charge in [-0.15, -0.1) is 0 Å². The van der Waals surface area contributed by atoms with Crippen molar-refractivity contribution in [1.82, 2.24) is 0 Å². The van der Waals surface area contributed by atoms with Crippen LogP contribution in [0.2, 0.25) is 0 Å². The first kappa shape index (κ1) is 20.7. The van der Waals surface area contributed by atoms with E-state index in [2.05, 4.69) is 97.1 Å². The van der Waals surface area contributed by atoms with Crippen LogP contribution in [-0.2, 0) is 0 Å². The molecule has 0 aromatic heterocycles. The number of benzene rings is 5. The predicted octanol–water partition coefficient (Wildman–Crippen LogP) is 4.58. The van der Waals surface area contributed by atoms with Crippen molar-refractivity contribution in [1.29, 1.82) is 0 Å². The third kappa shape index (κ3) is 2.76. The molecular formula is C30H16B2S4. The second-order valence-corrected chi connectivity index (χ2v) is 13.9. The van der Waals surface area contributed by atoms with E-state index >= 15 is 0 Å². The minimum Gasteiger partial charge on any atom is -0.0911 e. The van der Waals surface area contributed by atoms with Crippen LogP contribution < -0.4 is 32.8 Å². The number of fused-ring (bicyclic) bond motifs is 8. The lowest BCUT2D eigenvalue weighted by molar-refractivity contribution is 1.30. The van der Waals surface area contributed by atoms with Crippen LogP contribution in [0.25, 0.3) is 0 Å². The summed E-state index contributed by atoms with van der Waals surface area (Å²) < 4.78 is 0. The highest BCUT2D eigenvalue weighted by Gasteiger charge is 2.42. The minimum atomic E-state index is 0.303. The van der Waals surface area contributed by atoms with Crippen molar-refractivity contribution >= 4 is 93.2 Å². The van der Waals surface area contributed by atoms with Crippen LogP contribution >= 0.6 is 47.0 Å². The molecule has 0 saturated heterocycles. The van der Waals surface area contributed by atoms with Crippen molar-refractivity contribution in [2.75, 3.05) is 0 Å². The van der Waals surface area contributed by atoms with Gasteiger partial charge in [0.05, 0.1) is 0 Å². The first-order chi connectivity index (χ1) is 17.8. The Morgan fingerprint density at radius 3 is 1.14 bits per heavy atom. The molecule has 0 fully saturated rings. The number of rotatable bonds is 0. The summed E-state index contributed by atoms with van der Waals surface area (Å²) in [6.07, 6.45) is 0. The van der Waals surface area contributed by atoms with Crippen molar-refractivity contribution in [2.45, 2.75) is 39.2 Å². The van der Waals surface area contributed by atoms with E-state index < -0.39 is 0 Å². The van der Waals surface area contributed by atoms with Crippen molar-refractivity contribution in [3.05, 3.63) is 97.1 Å². The zero-order chi connectivity index (χ0) is 23.4. The summed E-state index contributed by atoms with van der Waals surface area (Å²) in [6.45, 7) is 0.607. The van der Waals surface area contributed by atoms with E-state index in [0.717, 1.165) is 0 Å². The van der Waals surface area contributed by atoms with Crippen LogP contribution in [0, 0.1) is 0 Å². The van der Waals surface area contributed by atoms with Gasteiger partial charge in [0.25, 0.3) is 0 Å². The molecule has 0 aliphatic carbocycles. The Kier molecular flexibility index (Phi) is 4.35. The Morgan fingerprint density at radius 1 is 0.333 bits per heavy atom. The molecule has 4 aliphatic rings. The molecule has 0 spiro atoms. The molecule has 0 unspecified atom stereocenters. The molecule has 6 heteroatoms. The maximum absolute atomic E-state index is 2.54. The fourth-order valence-electron chi connectivity index (χ4n) is 6.25. The van der Waals surface area contributed by atoms with Gasteiger partial charge in [0, 0.05) is 39.2 Å². The van der Waals surface area contributed by atoms with Gasteiger partial charge in [-0.1, -0.05) is 130 Å². The van der Waals surface area contributed by atoms with Crippen molar-refractivity contribution < 1.29 is 0 Å². The molecule has 0 nitrogen and oxygen atoms in total. The highest BCUT2D eigenvalue weighted by molar-refractivity contribution is 8.02. The normalized spacial score (nSPS) is 15.2. The van der Waals surface area contributed by atoms with Crippen molar-refractivity contribution in [2.24, 2.45) is 0 Å². The molecule has 0 bridgehead atoms. The Balaban J connectivity index is 1.31. The van der Waals surface area contributed by atoms with Crippen LogP contribution in [0.3, 0.4) is 0 Å². The second-order valence-electron chi connectivity index (χ2n) is 9.61. The maximum Gasteiger partial charge on any atom is 0.247 e. The summed E-state index contributed by atoms with van der Waals surface area (Å²) in [5, 5.41) is 0. The topological polar surface area (TPSA) is 0 Å². The molecule has 0 atom stereocenters. The maximum atomic E-state index is 2.54. The van der Waals surface area contributed by atoms with Gasteiger partial charge in [-0.3, -0.25) is 0 Å². The Morgan fingerprint density at radius 2 is 0.694 bits per heavy atom. The van der Waals surface area contributed by atoms with Gasteiger partial charge < -0.3 is 0 Å². The summed E-state index contributed by atoms with van der Waals surface area (Å²) in [4.78, 5) is 11.3. The van der Waals surface area contributed by atoms with E-state index in [-0.39, 0.29) is 0 Å². The lowest BCUT2D eigenvalue weighted by Gasteiger charge is -2.36. The van der Waals surface area contributed by atoms with Crippen molar-refractivity contribution in [3.8, 4) is 0 Å². The highest BCUT2D eigenvalue weighted by atomic mass is 32.2. The fourth-order valence-corrected chi connectivity index (χ4v) is 11.1. The molecule has 0 N–H and O–H groups in total. The van der Waals surface area contributed by atoms with Gasteiger partial charge in [0.2, 0.25) is 13.4 Å². The largest absolute Gasteiger partial charge is 0.247 e. The second kappa shape index (κ2) is 7.58. The number of hydrogen-bond acceptors (Lipinski definition) is 4. The summed E-state index contributed by atoms with van der Waals surface area (Å²) in [5.74, 6) is 0. The Bertz CT molecular complexity index is 1650. The average molecular weight is 526 g/mol. The van der Waals surface area contributed by atoms with E-state index in [9.17, 15) is 0 Å². The van der Waals surface area contributed by atoms with Gasteiger partial charge in [-0.25, -0.2) is 0 Å². The highest BCUT2D eigenvalue weighted by Crippen LogP contribution is 2.41. The zero-order valence-electron chi connectivity index (χ0n) is 19.0. The fraction of sp³-hybridized carbons (Fsp3) is 0. The van der Waals surface area contributed by atoms with Crippen molar-refractivity contribution in [3.63, 3.8) is 0 Å². The van der Waals surface area contributed by atoms with Crippen LogP contribution in [0.4, 0.5) is 0 Å². The Labute approximate surface area is 228 Å². The molecule has 5 aromatic rings. The Hall–Kier alpha value is -2.37.